The summed E-state index contributed by atoms with van der Waals surface area (Å²) >= 11 is 0. The van der Waals surface area contributed by atoms with Gasteiger partial charge in [0.25, 0.3) is 0 Å². The van der Waals surface area contributed by atoms with Gasteiger partial charge in [-0.1, -0.05) is 119 Å². The largest absolute Gasteiger partial charge is 0.497 e. The maximum absolute atomic E-state index is 14.1. The summed E-state index contributed by atoms with van der Waals surface area (Å²) in [6.45, 7) is 27.3. The van der Waals surface area contributed by atoms with Gasteiger partial charge in [-0.2, -0.15) is 0 Å². The fourth-order valence-corrected chi connectivity index (χ4v) is 7.23. The molecule has 0 saturated carbocycles. The SMILES string of the molecule is COc1ccc(C2(O)c3c(cc(C(C)(C)C)cc3C(C)(C)C)-c3cc(C(C)(C)C)cc(C(C)(C)C)c32)c(-n2cnc3ccccc32)c1. The molecule has 246 valence electrons. The zero-order valence-electron chi connectivity index (χ0n) is 30.7. The van der Waals surface area contributed by atoms with Gasteiger partial charge in [0.1, 0.15) is 17.7 Å². The van der Waals surface area contributed by atoms with Crippen molar-refractivity contribution in [1.29, 1.82) is 0 Å². The molecule has 4 heteroatoms. The Morgan fingerprint density at radius 2 is 1.15 bits per heavy atom. The summed E-state index contributed by atoms with van der Waals surface area (Å²) in [5, 5.41) is 14.1. The Labute approximate surface area is 281 Å². The van der Waals surface area contributed by atoms with E-state index in [1.54, 1.807) is 7.11 Å². The van der Waals surface area contributed by atoms with Gasteiger partial charge in [0.15, 0.2) is 0 Å². The van der Waals surface area contributed by atoms with Crippen molar-refractivity contribution < 1.29 is 9.84 Å². The van der Waals surface area contributed by atoms with Gasteiger partial charge >= 0.3 is 0 Å². The summed E-state index contributed by atoms with van der Waals surface area (Å²) in [6.07, 6.45) is 1.86. The molecular weight excluding hydrogens is 576 g/mol. The molecular formula is C43H52N2O2. The summed E-state index contributed by atoms with van der Waals surface area (Å²) < 4.78 is 7.90. The van der Waals surface area contributed by atoms with Crippen LogP contribution in [0.2, 0.25) is 0 Å². The van der Waals surface area contributed by atoms with Crippen molar-refractivity contribution in [2.24, 2.45) is 0 Å². The third-order valence-corrected chi connectivity index (χ3v) is 9.95. The molecule has 6 rings (SSSR count). The molecule has 0 aliphatic heterocycles. The first kappa shape index (κ1) is 33.0. The Morgan fingerprint density at radius 3 is 1.62 bits per heavy atom. The Morgan fingerprint density at radius 1 is 0.638 bits per heavy atom. The molecule has 4 aromatic carbocycles. The van der Waals surface area contributed by atoms with Crippen molar-refractivity contribution in [3.8, 4) is 22.6 Å². The van der Waals surface area contributed by atoms with Gasteiger partial charge < -0.3 is 9.84 Å². The number of rotatable bonds is 3. The van der Waals surface area contributed by atoms with Crippen LogP contribution in [0.4, 0.5) is 0 Å². The van der Waals surface area contributed by atoms with Gasteiger partial charge in [-0.3, -0.25) is 4.57 Å². The van der Waals surface area contributed by atoms with Crippen molar-refractivity contribution in [3.63, 3.8) is 0 Å². The predicted molar refractivity (Wildman–Crippen MR) is 196 cm³/mol. The summed E-state index contributed by atoms with van der Waals surface area (Å²) in [4.78, 5) is 4.76. The number of aromatic nitrogens is 2. The molecule has 0 radical (unpaired) electrons. The van der Waals surface area contributed by atoms with E-state index < -0.39 is 5.60 Å². The molecule has 5 aromatic rings. The molecule has 1 aliphatic rings. The lowest BCUT2D eigenvalue weighted by molar-refractivity contribution is 0.126. The van der Waals surface area contributed by atoms with Crippen LogP contribution in [-0.2, 0) is 27.3 Å². The number of benzene rings is 4. The molecule has 4 nitrogen and oxygen atoms in total. The second-order valence-electron chi connectivity index (χ2n) is 17.6. The number of ether oxygens (including phenoxy) is 1. The highest BCUT2D eigenvalue weighted by Gasteiger charge is 2.51. The molecule has 1 aromatic heterocycles. The molecule has 0 fully saturated rings. The van der Waals surface area contributed by atoms with E-state index in [-0.39, 0.29) is 21.7 Å². The molecule has 1 N–H and O–H groups in total. The van der Waals surface area contributed by atoms with Crippen LogP contribution >= 0.6 is 0 Å². The van der Waals surface area contributed by atoms with Crippen LogP contribution < -0.4 is 4.74 Å². The van der Waals surface area contributed by atoms with E-state index in [4.69, 9.17) is 9.72 Å². The maximum Gasteiger partial charge on any atom is 0.144 e. The zero-order chi connectivity index (χ0) is 34.5. The molecule has 1 heterocycles. The lowest BCUT2D eigenvalue weighted by atomic mass is 9.70. The lowest BCUT2D eigenvalue weighted by Crippen LogP contribution is -2.34. The molecule has 0 saturated heterocycles. The monoisotopic (exact) mass is 628 g/mol. The quantitative estimate of drug-likeness (QED) is 0.216. The average Bonchev–Trinajstić information content (AvgIpc) is 3.52. The van der Waals surface area contributed by atoms with Gasteiger partial charge in [0.05, 0.1) is 23.8 Å². The predicted octanol–water partition coefficient (Wildman–Crippen LogP) is 10.5. The minimum atomic E-state index is -1.46. The van der Waals surface area contributed by atoms with Crippen molar-refractivity contribution in [2.75, 3.05) is 7.11 Å². The minimum Gasteiger partial charge on any atom is -0.497 e. The van der Waals surface area contributed by atoms with Crippen LogP contribution in [-0.4, -0.2) is 21.8 Å². The van der Waals surface area contributed by atoms with Gasteiger partial charge in [0, 0.05) is 22.8 Å². The molecule has 0 amide bonds. The lowest BCUT2D eigenvalue weighted by Gasteiger charge is -2.37. The van der Waals surface area contributed by atoms with E-state index in [1.807, 2.05) is 36.7 Å². The zero-order valence-corrected chi connectivity index (χ0v) is 30.7. The second kappa shape index (κ2) is 10.6. The first-order chi connectivity index (χ1) is 21.7. The van der Waals surface area contributed by atoms with Gasteiger partial charge in [-0.25, -0.2) is 4.98 Å². The topological polar surface area (TPSA) is 47.3 Å². The normalized spacial score (nSPS) is 14.8. The Balaban J connectivity index is 1.86. The third kappa shape index (κ3) is 5.30. The number of para-hydroxylation sites is 2. The van der Waals surface area contributed by atoms with Crippen molar-refractivity contribution in [3.05, 3.63) is 112 Å². The molecule has 0 unspecified atom stereocenters. The number of hydrogen-bond donors (Lipinski definition) is 1. The highest BCUT2D eigenvalue weighted by molar-refractivity contribution is 5.88. The summed E-state index contributed by atoms with van der Waals surface area (Å²) in [7, 11) is 1.69. The summed E-state index contributed by atoms with van der Waals surface area (Å²) in [5.41, 5.74) is 10.5. The van der Waals surface area contributed by atoms with Gasteiger partial charge in [-0.05, 0) is 79.3 Å². The first-order valence-corrected chi connectivity index (χ1v) is 16.9. The number of aliphatic hydroxyl groups is 1. The summed E-state index contributed by atoms with van der Waals surface area (Å²) in [5.74, 6) is 0.724. The Kier molecular flexibility index (Phi) is 7.42. The number of nitrogens with zero attached hydrogens (tertiary/aromatic N) is 2. The van der Waals surface area contributed by atoms with Crippen LogP contribution in [0, 0.1) is 0 Å². The van der Waals surface area contributed by atoms with Crippen LogP contribution in [0.15, 0.2) is 73.1 Å². The highest BCUT2D eigenvalue weighted by atomic mass is 16.5. The fraction of sp³-hybridized carbons (Fsp3) is 0.419. The minimum absolute atomic E-state index is 0.0780. The molecule has 47 heavy (non-hydrogen) atoms. The standard InChI is InChI=1S/C43H52N2O2/c1-39(2,3)26-20-29-30-21-27(40(4,5)6)23-33(42(10,11)12)38(30)43(46,37(29)32(22-26)41(7,8)9)31-19-18-28(47-13)24-36(31)45-25-44-34-16-14-15-17-35(34)45/h14-25,46H,1-13H3. The van der Waals surface area contributed by atoms with Gasteiger partial charge in [0.2, 0.25) is 0 Å². The van der Waals surface area contributed by atoms with Crippen LogP contribution in [0.5, 0.6) is 5.75 Å². The molecule has 1 aliphatic carbocycles. The van der Waals surface area contributed by atoms with E-state index in [0.717, 1.165) is 61.4 Å². The number of hydrogen-bond acceptors (Lipinski definition) is 3. The Bertz CT molecular complexity index is 1940. The van der Waals surface area contributed by atoms with Crippen LogP contribution in [0.3, 0.4) is 0 Å². The first-order valence-electron chi connectivity index (χ1n) is 16.9. The average molecular weight is 629 g/mol. The highest BCUT2D eigenvalue weighted by Crippen LogP contribution is 2.59. The van der Waals surface area contributed by atoms with E-state index in [1.165, 1.54) is 11.1 Å². The maximum atomic E-state index is 14.1. The van der Waals surface area contributed by atoms with Crippen molar-refractivity contribution in [2.45, 2.75) is 110 Å². The van der Waals surface area contributed by atoms with Crippen LogP contribution in [0.25, 0.3) is 27.8 Å². The van der Waals surface area contributed by atoms with Crippen LogP contribution in [0.1, 0.15) is 122 Å². The molecule has 0 atom stereocenters. The smallest absolute Gasteiger partial charge is 0.144 e. The fourth-order valence-electron chi connectivity index (χ4n) is 7.23. The molecule has 0 bridgehead atoms. The van der Waals surface area contributed by atoms with E-state index >= 15 is 0 Å². The van der Waals surface area contributed by atoms with Crippen molar-refractivity contribution in [1.82, 2.24) is 9.55 Å². The van der Waals surface area contributed by atoms with Crippen molar-refractivity contribution >= 4 is 11.0 Å². The second-order valence-corrected chi connectivity index (χ2v) is 17.6. The van der Waals surface area contributed by atoms with E-state index in [0.29, 0.717) is 0 Å². The van der Waals surface area contributed by atoms with E-state index in [2.05, 4.69) is 124 Å². The number of imidazole rings is 1. The van der Waals surface area contributed by atoms with Gasteiger partial charge in [-0.15, -0.1) is 0 Å². The van der Waals surface area contributed by atoms with E-state index in [9.17, 15) is 5.11 Å². The Hall–Kier alpha value is -3.89. The molecule has 0 spiro atoms. The summed E-state index contributed by atoms with van der Waals surface area (Å²) in [6, 6.07) is 23.7. The number of methoxy groups -OCH3 is 1. The number of fused-ring (bicyclic) bond motifs is 4. The third-order valence-electron chi connectivity index (χ3n) is 9.95.